The van der Waals surface area contributed by atoms with Crippen LogP contribution in [0.4, 0.5) is 14.9 Å². The van der Waals surface area contributed by atoms with Crippen LogP contribution < -0.4 is 19.7 Å². The molecular formula is C25H20ClFN2O4. The quantitative estimate of drug-likeness (QED) is 0.366. The Morgan fingerprint density at radius 3 is 2.58 bits per heavy atom. The third-order valence-electron chi connectivity index (χ3n) is 4.81. The first-order chi connectivity index (χ1) is 15.9. The summed E-state index contributed by atoms with van der Waals surface area (Å²) in [5, 5.41) is 3.00. The normalized spacial score (nSPS) is 14.5. The molecule has 1 saturated heterocycles. The van der Waals surface area contributed by atoms with Crippen LogP contribution in [-0.2, 0) is 11.4 Å². The number of carbonyl (C=O) groups is 2. The van der Waals surface area contributed by atoms with Gasteiger partial charge in [-0.1, -0.05) is 35.9 Å². The van der Waals surface area contributed by atoms with Gasteiger partial charge in [0.25, 0.3) is 5.91 Å². The van der Waals surface area contributed by atoms with Gasteiger partial charge < -0.3 is 14.8 Å². The van der Waals surface area contributed by atoms with E-state index in [0.29, 0.717) is 39.9 Å². The molecule has 168 valence electrons. The van der Waals surface area contributed by atoms with Crippen molar-refractivity contribution >= 4 is 35.3 Å². The zero-order valence-electron chi connectivity index (χ0n) is 17.7. The average Bonchev–Trinajstić information content (AvgIpc) is 3.06. The Bertz CT molecular complexity index is 1240. The molecule has 1 aliphatic heterocycles. The molecule has 0 bridgehead atoms. The number of hydrogen-bond donors (Lipinski definition) is 1. The fraction of sp³-hybridized carbons (Fsp3) is 0.120. The summed E-state index contributed by atoms with van der Waals surface area (Å²) in [5.74, 6) is 0.113. The molecule has 3 aromatic rings. The second-order valence-corrected chi connectivity index (χ2v) is 7.60. The van der Waals surface area contributed by atoms with Gasteiger partial charge in [0.1, 0.15) is 18.1 Å². The van der Waals surface area contributed by atoms with Gasteiger partial charge >= 0.3 is 6.03 Å². The fourth-order valence-corrected chi connectivity index (χ4v) is 3.53. The monoisotopic (exact) mass is 466 g/mol. The minimum absolute atomic E-state index is 0.121. The Balaban J connectivity index is 1.55. The molecule has 3 amide bonds. The molecule has 0 saturated carbocycles. The number of halogens is 2. The first-order valence-electron chi connectivity index (χ1n) is 10.2. The van der Waals surface area contributed by atoms with E-state index in [9.17, 15) is 14.0 Å². The highest BCUT2D eigenvalue weighted by Gasteiger charge is 2.35. The van der Waals surface area contributed by atoms with Crippen LogP contribution in [0.15, 0.2) is 72.4 Å². The van der Waals surface area contributed by atoms with E-state index in [4.69, 9.17) is 21.1 Å². The van der Waals surface area contributed by atoms with E-state index in [1.54, 1.807) is 60.7 Å². The first kappa shape index (κ1) is 22.4. The van der Waals surface area contributed by atoms with Gasteiger partial charge in [0.2, 0.25) is 0 Å². The molecule has 33 heavy (non-hydrogen) atoms. The van der Waals surface area contributed by atoms with Crippen LogP contribution >= 0.6 is 11.6 Å². The van der Waals surface area contributed by atoms with E-state index in [1.165, 1.54) is 12.1 Å². The standard InChI is InChI=1S/C25H20ClFN2O4/c1-2-32-23-13-16(9-10-22(23)33-15-17-5-3-7-19(27)11-17)12-21-24(30)29(25(31)28-21)20-8-4-6-18(26)14-20/h3-14H,2,15H2,1H3,(H,28,31)/b21-12+. The molecule has 0 radical (unpaired) electrons. The van der Waals surface area contributed by atoms with Crippen LogP contribution in [0, 0.1) is 5.82 Å². The highest BCUT2D eigenvalue weighted by molar-refractivity contribution is 6.32. The van der Waals surface area contributed by atoms with Crippen molar-refractivity contribution in [2.45, 2.75) is 13.5 Å². The van der Waals surface area contributed by atoms with Gasteiger partial charge in [0, 0.05) is 5.02 Å². The van der Waals surface area contributed by atoms with E-state index < -0.39 is 11.9 Å². The fourth-order valence-electron chi connectivity index (χ4n) is 3.34. The number of nitrogens with one attached hydrogen (secondary N) is 1. The number of imide groups is 1. The van der Waals surface area contributed by atoms with Gasteiger partial charge in [-0.2, -0.15) is 0 Å². The van der Waals surface area contributed by atoms with E-state index in [-0.39, 0.29) is 18.1 Å². The Morgan fingerprint density at radius 2 is 1.82 bits per heavy atom. The highest BCUT2D eigenvalue weighted by atomic mass is 35.5. The number of amides is 3. The van der Waals surface area contributed by atoms with Crippen molar-refractivity contribution in [1.82, 2.24) is 5.32 Å². The minimum atomic E-state index is -0.561. The molecule has 3 aromatic carbocycles. The van der Waals surface area contributed by atoms with Crippen LogP contribution in [-0.4, -0.2) is 18.5 Å². The zero-order chi connectivity index (χ0) is 23.4. The molecule has 1 aliphatic rings. The Morgan fingerprint density at radius 1 is 1.00 bits per heavy atom. The summed E-state index contributed by atoms with van der Waals surface area (Å²) in [5.41, 5.74) is 1.82. The number of anilines is 1. The second-order valence-electron chi connectivity index (χ2n) is 7.17. The van der Waals surface area contributed by atoms with E-state index in [2.05, 4.69) is 5.32 Å². The summed E-state index contributed by atoms with van der Waals surface area (Å²) in [6.07, 6.45) is 1.56. The maximum absolute atomic E-state index is 13.4. The molecule has 0 unspecified atom stereocenters. The molecule has 4 rings (SSSR count). The molecule has 8 heteroatoms. The molecule has 1 heterocycles. The van der Waals surface area contributed by atoms with Crippen molar-refractivity contribution in [3.63, 3.8) is 0 Å². The highest BCUT2D eigenvalue weighted by Crippen LogP contribution is 2.31. The number of benzene rings is 3. The van der Waals surface area contributed by atoms with Crippen molar-refractivity contribution in [3.8, 4) is 11.5 Å². The largest absolute Gasteiger partial charge is 0.490 e. The Labute approximate surface area is 195 Å². The molecular weight excluding hydrogens is 447 g/mol. The maximum atomic E-state index is 13.4. The predicted molar refractivity (Wildman–Crippen MR) is 124 cm³/mol. The number of carbonyl (C=O) groups excluding carboxylic acids is 2. The van der Waals surface area contributed by atoms with Gasteiger partial charge in [0.05, 0.1) is 12.3 Å². The molecule has 0 aliphatic carbocycles. The van der Waals surface area contributed by atoms with Gasteiger partial charge in [-0.3, -0.25) is 4.79 Å². The number of ether oxygens (including phenoxy) is 2. The van der Waals surface area contributed by atoms with Crippen molar-refractivity contribution in [2.75, 3.05) is 11.5 Å². The Hall–Kier alpha value is -3.84. The van der Waals surface area contributed by atoms with Crippen molar-refractivity contribution in [1.29, 1.82) is 0 Å². The van der Waals surface area contributed by atoms with Crippen LogP contribution in [0.5, 0.6) is 11.5 Å². The summed E-state index contributed by atoms with van der Waals surface area (Å²) in [7, 11) is 0. The molecule has 1 fully saturated rings. The summed E-state index contributed by atoms with van der Waals surface area (Å²) in [6.45, 7) is 2.40. The van der Waals surface area contributed by atoms with Crippen molar-refractivity contribution < 1.29 is 23.5 Å². The van der Waals surface area contributed by atoms with Crippen LogP contribution in [0.2, 0.25) is 5.02 Å². The summed E-state index contributed by atoms with van der Waals surface area (Å²) >= 11 is 5.99. The van der Waals surface area contributed by atoms with Gasteiger partial charge in [-0.05, 0) is 66.6 Å². The molecule has 0 spiro atoms. The first-order valence-corrected chi connectivity index (χ1v) is 10.6. The SMILES string of the molecule is CCOc1cc(/C=C2/NC(=O)N(c3cccc(Cl)c3)C2=O)ccc1OCc1cccc(F)c1. The third-order valence-corrected chi connectivity index (χ3v) is 5.04. The van der Waals surface area contributed by atoms with E-state index in [1.807, 2.05) is 6.92 Å². The van der Waals surface area contributed by atoms with E-state index in [0.717, 1.165) is 4.90 Å². The van der Waals surface area contributed by atoms with E-state index >= 15 is 0 Å². The summed E-state index contributed by atoms with van der Waals surface area (Å²) in [6, 6.07) is 17.2. The topological polar surface area (TPSA) is 67.9 Å². The lowest BCUT2D eigenvalue weighted by molar-refractivity contribution is -0.113. The van der Waals surface area contributed by atoms with Crippen LogP contribution in [0.3, 0.4) is 0 Å². The zero-order valence-corrected chi connectivity index (χ0v) is 18.4. The van der Waals surface area contributed by atoms with Crippen molar-refractivity contribution in [3.05, 3.63) is 94.4 Å². The number of rotatable bonds is 7. The number of nitrogens with zero attached hydrogens (tertiary/aromatic N) is 1. The Kier molecular flexibility index (Phi) is 6.60. The maximum Gasteiger partial charge on any atom is 0.333 e. The molecule has 0 aromatic heterocycles. The van der Waals surface area contributed by atoms with Gasteiger partial charge in [0.15, 0.2) is 11.5 Å². The van der Waals surface area contributed by atoms with Gasteiger partial charge in [-0.25, -0.2) is 14.1 Å². The molecule has 1 N–H and O–H groups in total. The predicted octanol–water partition coefficient (Wildman–Crippen LogP) is 5.55. The van der Waals surface area contributed by atoms with Crippen molar-refractivity contribution in [2.24, 2.45) is 0 Å². The van der Waals surface area contributed by atoms with Crippen LogP contribution in [0.1, 0.15) is 18.1 Å². The average molecular weight is 467 g/mol. The lowest BCUT2D eigenvalue weighted by atomic mass is 10.1. The molecule has 6 nitrogen and oxygen atoms in total. The minimum Gasteiger partial charge on any atom is -0.490 e. The number of urea groups is 1. The third kappa shape index (κ3) is 5.15. The molecule has 0 atom stereocenters. The second kappa shape index (κ2) is 9.75. The summed E-state index contributed by atoms with van der Waals surface area (Å²) < 4.78 is 24.9. The van der Waals surface area contributed by atoms with Gasteiger partial charge in [-0.15, -0.1) is 0 Å². The lowest BCUT2D eigenvalue weighted by Crippen LogP contribution is -2.30. The summed E-state index contributed by atoms with van der Waals surface area (Å²) in [4.78, 5) is 26.3. The lowest BCUT2D eigenvalue weighted by Gasteiger charge is -2.13. The van der Waals surface area contributed by atoms with Crippen LogP contribution in [0.25, 0.3) is 6.08 Å². The smallest absolute Gasteiger partial charge is 0.333 e. The number of hydrogen-bond acceptors (Lipinski definition) is 4.